The highest BCUT2D eigenvalue weighted by Crippen LogP contribution is 2.31. The molecule has 27 heavy (non-hydrogen) atoms. The molecule has 0 radical (unpaired) electrons. The Kier molecular flexibility index (Phi) is 6.11. The SMILES string of the molecule is CNc1ncnc(NC2CCN(CC(F)(F)c3ccc(Cl)cc3)CC2)c1C. The molecule has 1 aromatic carbocycles. The highest BCUT2D eigenvalue weighted by Gasteiger charge is 2.35. The molecule has 0 spiro atoms. The minimum Gasteiger partial charge on any atom is -0.373 e. The van der Waals surface area contributed by atoms with Gasteiger partial charge in [-0.1, -0.05) is 23.7 Å². The summed E-state index contributed by atoms with van der Waals surface area (Å²) < 4.78 is 29.1. The first kappa shape index (κ1) is 19.8. The molecule has 1 fully saturated rings. The fraction of sp³-hybridized carbons (Fsp3) is 0.474. The van der Waals surface area contributed by atoms with Gasteiger partial charge in [-0.2, -0.15) is 8.78 Å². The molecule has 2 N–H and O–H groups in total. The van der Waals surface area contributed by atoms with Crippen molar-refractivity contribution in [2.75, 3.05) is 37.3 Å². The molecule has 2 heterocycles. The van der Waals surface area contributed by atoms with Crippen LogP contribution in [0.3, 0.4) is 0 Å². The Morgan fingerprint density at radius 2 is 1.78 bits per heavy atom. The van der Waals surface area contributed by atoms with Crippen LogP contribution in [0.4, 0.5) is 20.4 Å². The third kappa shape index (κ3) is 4.84. The molecule has 1 aliphatic heterocycles. The van der Waals surface area contributed by atoms with Gasteiger partial charge in [0.1, 0.15) is 18.0 Å². The summed E-state index contributed by atoms with van der Waals surface area (Å²) in [5, 5.41) is 6.92. The second-order valence-electron chi connectivity index (χ2n) is 6.85. The van der Waals surface area contributed by atoms with Crippen molar-refractivity contribution in [2.45, 2.75) is 31.7 Å². The number of nitrogens with one attached hydrogen (secondary N) is 2. The first-order valence-corrected chi connectivity index (χ1v) is 9.39. The molecule has 0 saturated carbocycles. The van der Waals surface area contributed by atoms with Gasteiger partial charge in [0.15, 0.2) is 0 Å². The maximum atomic E-state index is 14.5. The molecule has 0 bridgehead atoms. The highest BCUT2D eigenvalue weighted by molar-refractivity contribution is 6.30. The summed E-state index contributed by atoms with van der Waals surface area (Å²) in [4.78, 5) is 10.3. The molecular formula is C19H24ClF2N5. The van der Waals surface area contributed by atoms with Gasteiger partial charge in [0.05, 0.1) is 6.54 Å². The van der Waals surface area contributed by atoms with Crippen molar-refractivity contribution in [3.05, 3.63) is 46.7 Å². The normalized spacial score (nSPS) is 16.3. The first-order chi connectivity index (χ1) is 12.9. The van der Waals surface area contributed by atoms with Crippen LogP contribution in [0.1, 0.15) is 24.0 Å². The topological polar surface area (TPSA) is 53.1 Å². The average molecular weight is 396 g/mol. The van der Waals surface area contributed by atoms with Crippen LogP contribution in [-0.4, -0.2) is 47.6 Å². The average Bonchev–Trinajstić information content (AvgIpc) is 2.65. The third-order valence-corrected chi connectivity index (χ3v) is 5.19. The smallest absolute Gasteiger partial charge is 0.285 e. The van der Waals surface area contributed by atoms with Gasteiger partial charge in [-0.05, 0) is 31.9 Å². The Morgan fingerprint density at radius 3 is 2.41 bits per heavy atom. The van der Waals surface area contributed by atoms with E-state index >= 15 is 0 Å². The Balaban J connectivity index is 1.55. The zero-order valence-electron chi connectivity index (χ0n) is 15.5. The first-order valence-electron chi connectivity index (χ1n) is 9.01. The molecule has 2 aromatic rings. The predicted octanol–water partition coefficient (Wildman–Crippen LogP) is 4.15. The maximum Gasteiger partial charge on any atom is 0.285 e. The van der Waals surface area contributed by atoms with Crippen LogP contribution >= 0.6 is 11.6 Å². The third-order valence-electron chi connectivity index (χ3n) is 4.94. The lowest BCUT2D eigenvalue weighted by Crippen LogP contribution is -2.43. The maximum absolute atomic E-state index is 14.5. The van der Waals surface area contributed by atoms with Crippen LogP contribution in [0.25, 0.3) is 0 Å². The molecule has 1 aliphatic rings. The number of piperidine rings is 1. The van der Waals surface area contributed by atoms with E-state index in [-0.39, 0.29) is 18.2 Å². The number of benzene rings is 1. The van der Waals surface area contributed by atoms with Gasteiger partial charge in [-0.15, -0.1) is 0 Å². The van der Waals surface area contributed by atoms with Crippen molar-refractivity contribution in [2.24, 2.45) is 0 Å². The summed E-state index contributed by atoms with van der Waals surface area (Å²) in [6.45, 7) is 2.90. The van der Waals surface area contributed by atoms with Crippen molar-refractivity contribution in [3.8, 4) is 0 Å². The number of anilines is 2. The second kappa shape index (κ2) is 8.35. The quantitative estimate of drug-likeness (QED) is 0.769. The van der Waals surface area contributed by atoms with Crippen LogP contribution in [0.15, 0.2) is 30.6 Å². The van der Waals surface area contributed by atoms with E-state index < -0.39 is 5.92 Å². The summed E-state index contributed by atoms with van der Waals surface area (Å²) in [6.07, 6.45) is 3.09. The van der Waals surface area contributed by atoms with E-state index in [9.17, 15) is 8.78 Å². The largest absolute Gasteiger partial charge is 0.373 e. The van der Waals surface area contributed by atoms with E-state index in [1.807, 2.05) is 18.9 Å². The highest BCUT2D eigenvalue weighted by atomic mass is 35.5. The monoisotopic (exact) mass is 395 g/mol. The Bertz CT molecular complexity index is 761. The van der Waals surface area contributed by atoms with Crippen LogP contribution in [0.5, 0.6) is 0 Å². The number of aromatic nitrogens is 2. The van der Waals surface area contributed by atoms with Gasteiger partial charge >= 0.3 is 0 Å². The fourth-order valence-electron chi connectivity index (χ4n) is 3.34. The number of rotatable bonds is 6. The number of hydrogen-bond acceptors (Lipinski definition) is 5. The standard InChI is InChI=1S/C19H24ClF2N5/c1-13-17(23-2)24-12-25-18(13)26-16-7-9-27(10-8-16)11-19(21,22)14-3-5-15(20)6-4-14/h3-6,12,16H,7-11H2,1-2H3,(H2,23,24,25,26). The molecule has 8 heteroatoms. The van der Waals surface area contributed by atoms with Crippen molar-refractivity contribution in [1.29, 1.82) is 0 Å². The summed E-state index contributed by atoms with van der Waals surface area (Å²) >= 11 is 5.79. The number of hydrogen-bond donors (Lipinski definition) is 2. The lowest BCUT2D eigenvalue weighted by molar-refractivity contribution is -0.0421. The van der Waals surface area contributed by atoms with Gasteiger partial charge in [-0.25, -0.2) is 9.97 Å². The van der Waals surface area contributed by atoms with E-state index in [4.69, 9.17) is 11.6 Å². The molecule has 3 rings (SSSR count). The molecule has 1 aromatic heterocycles. The number of likely N-dealkylation sites (tertiary alicyclic amines) is 1. The summed E-state index contributed by atoms with van der Waals surface area (Å²) in [7, 11) is 1.82. The van der Waals surface area contributed by atoms with Crippen molar-refractivity contribution < 1.29 is 8.78 Å². The van der Waals surface area contributed by atoms with Gasteiger partial charge in [0.25, 0.3) is 5.92 Å². The summed E-state index contributed by atoms with van der Waals surface area (Å²) in [6, 6.07) is 6.01. The Hall–Kier alpha value is -1.99. The molecular weight excluding hydrogens is 372 g/mol. The van der Waals surface area contributed by atoms with Crippen molar-refractivity contribution in [1.82, 2.24) is 14.9 Å². The zero-order chi connectivity index (χ0) is 19.4. The second-order valence-corrected chi connectivity index (χ2v) is 7.29. The van der Waals surface area contributed by atoms with E-state index in [1.165, 1.54) is 30.6 Å². The molecule has 0 amide bonds. The summed E-state index contributed by atoms with van der Waals surface area (Å²) in [5.41, 5.74) is 0.958. The summed E-state index contributed by atoms with van der Waals surface area (Å²) in [5.74, 6) is -1.32. The van der Waals surface area contributed by atoms with Crippen LogP contribution < -0.4 is 10.6 Å². The fourth-order valence-corrected chi connectivity index (χ4v) is 3.47. The lowest BCUT2D eigenvalue weighted by Gasteiger charge is -2.34. The molecule has 1 saturated heterocycles. The van der Waals surface area contributed by atoms with E-state index in [0.29, 0.717) is 18.1 Å². The molecule has 0 aliphatic carbocycles. The predicted molar refractivity (Wildman–Crippen MR) is 105 cm³/mol. The minimum absolute atomic E-state index is 0.00311. The van der Waals surface area contributed by atoms with Gasteiger partial charge < -0.3 is 10.6 Å². The minimum atomic E-state index is -2.89. The van der Waals surface area contributed by atoms with Gasteiger partial charge in [-0.3, -0.25) is 4.90 Å². The van der Waals surface area contributed by atoms with Gasteiger partial charge in [0, 0.05) is 42.3 Å². The van der Waals surface area contributed by atoms with Crippen LogP contribution in [-0.2, 0) is 5.92 Å². The number of halogens is 3. The number of alkyl halides is 2. The molecule has 146 valence electrons. The Labute approximate surface area is 163 Å². The van der Waals surface area contributed by atoms with Crippen LogP contribution in [0.2, 0.25) is 5.02 Å². The molecule has 5 nitrogen and oxygen atoms in total. The Morgan fingerprint density at radius 1 is 1.15 bits per heavy atom. The van der Waals surface area contributed by atoms with E-state index in [0.717, 1.165) is 30.0 Å². The van der Waals surface area contributed by atoms with E-state index in [1.54, 1.807) is 0 Å². The zero-order valence-corrected chi connectivity index (χ0v) is 16.2. The molecule has 0 unspecified atom stereocenters. The van der Waals surface area contributed by atoms with Crippen LogP contribution in [0, 0.1) is 6.92 Å². The number of nitrogens with zero attached hydrogens (tertiary/aromatic N) is 3. The lowest BCUT2D eigenvalue weighted by atomic mass is 10.0. The van der Waals surface area contributed by atoms with Crippen molar-refractivity contribution in [3.63, 3.8) is 0 Å². The van der Waals surface area contributed by atoms with E-state index in [2.05, 4.69) is 20.6 Å². The molecule has 0 atom stereocenters. The van der Waals surface area contributed by atoms with Crippen molar-refractivity contribution >= 4 is 23.2 Å². The van der Waals surface area contributed by atoms with Gasteiger partial charge in [0.2, 0.25) is 0 Å².